The van der Waals surface area contributed by atoms with E-state index in [9.17, 15) is 13.6 Å². The van der Waals surface area contributed by atoms with Gasteiger partial charge >= 0.3 is 0 Å². The van der Waals surface area contributed by atoms with Crippen LogP contribution in [0, 0.1) is 18.6 Å². The molecule has 6 heteroatoms. The third kappa shape index (κ3) is 4.28. The van der Waals surface area contributed by atoms with Crippen molar-refractivity contribution in [1.82, 2.24) is 10.3 Å². The van der Waals surface area contributed by atoms with Gasteiger partial charge in [0.25, 0.3) is 5.91 Å². The van der Waals surface area contributed by atoms with Gasteiger partial charge in [-0.25, -0.2) is 13.8 Å². The van der Waals surface area contributed by atoms with Crippen LogP contribution in [0.4, 0.5) is 8.78 Å². The van der Waals surface area contributed by atoms with E-state index in [2.05, 4.69) is 10.3 Å². The fraction of sp³-hybridized carbons (Fsp3) is 0.158. The number of hydrogen-bond donors (Lipinski definition) is 1. The molecule has 0 bridgehead atoms. The van der Waals surface area contributed by atoms with Crippen molar-refractivity contribution in [2.75, 3.05) is 6.54 Å². The summed E-state index contributed by atoms with van der Waals surface area (Å²) in [5.41, 5.74) is 1.90. The largest absolute Gasteiger partial charge is 0.352 e. The maximum Gasteiger partial charge on any atom is 0.251 e. The van der Waals surface area contributed by atoms with Crippen LogP contribution in [0.2, 0.25) is 0 Å². The summed E-state index contributed by atoms with van der Waals surface area (Å²) in [6.45, 7) is 2.31. The Morgan fingerprint density at radius 3 is 2.56 bits per heavy atom. The molecule has 0 fully saturated rings. The zero-order valence-corrected chi connectivity index (χ0v) is 14.4. The first-order valence-corrected chi connectivity index (χ1v) is 8.60. The molecule has 1 aromatic heterocycles. The number of hydrogen-bond acceptors (Lipinski definition) is 3. The van der Waals surface area contributed by atoms with Gasteiger partial charge in [0.1, 0.15) is 16.6 Å². The molecule has 1 N–H and O–H groups in total. The standard InChI is InChI=1S/C19H16F2N2OS/c1-12-17(25-19(23-12)14-5-3-7-16(21)11-14)8-9-22-18(24)13-4-2-6-15(20)10-13/h2-7,10-11H,8-9H2,1H3,(H,22,24). The lowest BCUT2D eigenvalue weighted by Crippen LogP contribution is -2.25. The van der Waals surface area contributed by atoms with Crippen LogP contribution < -0.4 is 5.32 Å². The SMILES string of the molecule is Cc1nc(-c2cccc(F)c2)sc1CCNC(=O)c1cccc(F)c1. The van der Waals surface area contributed by atoms with Gasteiger partial charge < -0.3 is 5.32 Å². The Hall–Kier alpha value is -2.60. The fourth-order valence-electron chi connectivity index (χ4n) is 2.43. The van der Waals surface area contributed by atoms with Crippen LogP contribution in [-0.4, -0.2) is 17.4 Å². The number of aromatic nitrogens is 1. The van der Waals surface area contributed by atoms with E-state index < -0.39 is 5.82 Å². The Kier molecular flexibility index (Phi) is 5.19. The van der Waals surface area contributed by atoms with Crippen LogP contribution in [0.3, 0.4) is 0 Å². The van der Waals surface area contributed by atoms with E-state index in [1.165, 1.54) is 41.7 Å². The van der Waals surface area contributed by atoms with Gasteiger partial charge in [-0.2, -0.15) is 0 Å². The molecule has 3 rings (SSSR count). The van der Waals surface area contributed by atoms with Crippen LogP contribution in [0.5, 0.6) is 0 Å². The molecule has 25 heavy (non-hydrogen) atoms. The molecule has 0 radical (unpaired) electrons. The Balaban J connectivity index is 1.63. The smallest absolute Gasteiger partial charge is 0.251 e. The molecule has 0 aliphatic heterocycles. The van der Waals surface area contributed by atoms with Gasteiger partial charge in [0, 0.05) is 29.0 Å². The zero-order chi connectivity index (χ0) is 17.8. The van der Waals surface area contributed by atoms with E-state index in [0.29, 0.717) is 18.5 Å². The molecule has 2 aromatic carbocycles. The van der Waals surface area contributed by atoms with Crippen molar-refractivity contribution in [2.24, 2.45) is 0 Å². The average molecular weight is 358 g/mol. The summed E-state index contributed by atoms with van der Waals surface area (Å²) < 4.78 is 26.5. The molecule has 1 heterocycles. The number of nitrogens with one attached hydrogen (secondary N) is 1. The zero-order valence-electron chi connectivity index (χ0n) is 13.6. The highest BCUT2D eigenvalue weighted by Gasteiger charge is 2.11. The topological polar surface area (TPSA) is 42.0 Å². The highest BCUT2D eigenvalue weighted by Crippen LogP contribution is 2.28. The molecule has 3 aromatic rings. The molecule has 0 aliphatic carbocycles. The van der Waals surface area contributed by atoms with E-state index in [0.717, 1.165) is 21.1 Å². The van der Waals surface area contributed by atoms with Crippen molar-refractivity contribution >= 4 is 17.2 Å². The lowest BCUT2D eigenvalue weighted by molar-refractivity contribution is 0.0953. The number of rotatable bonds is 5. The van der Waals surface area contributed by atoms with Crippen LogP contribution in [-0.2, 0) is 6.42 Å². The molecule has 0 unspecified atom stereocenters. The summed E-state index contributed by atoms with van der Waals surface area (Å²) >= 11 is 1.48. The van der Waals surface area contributed by atoms with Crippen molar-refractivity contribution in [3.8, 4) is 10.6 Å². The lowest BCUT2D eigenvalue weighted by Gasteiger charge is -2.04. The van der Waals surface area contributed by atoms with Crippen molar-refractivity contribution in [3.05, 3.63) is 76.3 Å². The maximum atomic E-state index is 13.3. The molecule has 0 saturated heterocycles. The minimum absolute atomic E-state index is 0.293. The first-order valence-electron chi connectivity index (χ1n) is 7.79. The number of thiazole rings is 1. The van der Waals surface area contributed by atoms with Crippen LogP contribution in [0.25, 0.3) is 10.6 Å². The molecule has 3 nitrogen and oxygen atoms in total. The number of carbonyl (C=O) groups excluding carboxylic acids is 1. The van der Waals surface area contributed by atoms with Crippen molar-refractivity contribution in [1.29, 1.82) is 0 Å². The Morgan fingerprint density at radius 2 is 1.84 bits per heavy atom. The van der Waals surface area contributed by atoms with Crippen molar-refractivity contribution < 1.29 is 13.6 Å². The molecular weight excluding hydrogens is 342 g/mol. The van der Waals surface area contributed by atoms with E-state index in [4.69, 9.17) is 0 Å². The quantitative estimate of drug-likeness (QED) is 0.736. The highest BCUT2D eigenvalue weighted by atomic mass is 32.1. The van der Waals surface area contributed by atoms with Crippen molar-refractivity contribution in [3.63, 3.8) is 0 Å². The average Bonchev–Trinajstić information content (AvgIpc) is 2.96. The van der Waals surface area contributed by atoms with Gasteiger partial charge in [-0.15, -0.1) is 11.3 Å². The molecule has 128 valence electrons. The Labute approximate surface area is 148 Å². The number of carbonyl (C=O) groups is 1. The van der Waals surface area contributed by atoms with Gasteiger partial charge in [0.05, 0.1) is 5.69 Å². The molecule has 0 saturated carbocycles. The Bertz CT molecular complexity index is 908. The van der Waals surface area contributed by atoms with Gasteiger partial charge in [-0.1, -0.05) is 18.2 Å². The minimum atomic E-state index is -0.439. The highest BCUT2D eigenvalue weighted by molar-refractivity contribution is 7.15. The summed E-state index contributed by atoms with van der Waals surface area (Å²) in [4.78, 5) is 17.5. The first kappa shape index (κ1) is 17.2. The monoisotopic (exact) mass is 358 g/mol. The van der Waals surface area contributed by atoms with Gasteiger partial charge in [0.15, 0.2) is 0 Å². The van der Waals surface area contributed by atoms with Crippen molar-refractivity contribution in [2.45, 2.75) is 13.3 Å². The first-order chi connectivity index (χ1) is 12.0. The molecule has 0 aliphatic rings. The lowest BCUT2D eigenvalue weighted by atomic mass is 10.2. The van der Waals surface area contributed by atoms with Gasteiger partial charge in [-0.05, 0) is 37.3 Å². The summed E-state index contributed by atoms with van der Waals surface area (Å²) in [5.74, 6) is -1.05. The van der Waals surface area contributed by atoms with Crippen LogP contribution >= 0.6 is 11.3 Å². The number of aryl methyl sites for hydroxylation is 1. The fourth-order valence-corrected chi connectivity index (χ4v) is 3.48. The number of amides is 1. The van der Waals surface area contributed by atoms with E-state index in [1.54, 1.807) is 12.1 Å². The third-order valence-electron chi connectivity index (χ3n) is 3.69. The van der Waals surface area contributed by atoms with Gasteiger partial charge in [-0.3, -0.25) is 4.79 Å². The second kappa shape index (κ2) is 7.53. The molecule has 1 amide bonds. The predicted molar refractivity (Wildman–Crippen MR) is 94.7 cm³/mol. The molecule has 0 spiro atoms. The van der Waals surface area contributed by atoms with Crippen LogP contribution in [0.15, 0.2) is 48.5 Å². The van der Waals surface area contributed by atoms with E-state index in [1.807, 2.05) is 13.0 Å². The Morgan fingerprint density at radius 1 is 1.12 bits per heavy atom. The molecule has 0 atom stereocenters. The van der Waals surface area contributed by atoms with Gasteiger partial charge in [0.2, 0.25) is 0 Å². The van der Waals surface area contributed by atoms with E-state index in [-0.39, 0.29) is 11.7 Å². The second-order valence-corrected chi connectivity index (χ2v) is 6.64. The number of benzene rings is 2. The predicted octanol–water partition coefficient (Wildman–Crippen LogP) is 4.37. The summed E-state index contributed by atoms with van der Waals surface area (Å²) in [6.07, 6.45) is 0.611. The molecular formula is C19H16F2N2OS. The second-order valence-electron chi connectivity index (χ2n) is 5.55. The summed E-state index contributed by atoms with van der Waals surface area (Å²) in [7, 11) is 0. The third-order valence-corrected chi connectivity index (χ3v) is 4.95. The summed E-state index contributed by atoms with van der Waals surface area (Å²) in [6, 6.07) is 11.9. The number of nitrogens with zero attached hydrogens (tertiary/aromatic N) is 1. The van der Waals surface area contributed by atoms with Crippen LogP contribution in [0.1, 0.15) is 20.9 Å². The van der Waals surface area contributed by atoms with E-state index >= 15 is 0 Å². The normalized spacial score (nSPS) is 10.7. The maximum absolute atomic E-state index is 13.3. The minimum Gasteiger partial charge on any atom is -0.352 e. The number of halogens is 2. The summed E-state index contributed by atoms with van der Waals surface area (Å²) in [5, 5.41) is 3.53.